The molecule has 0 radical (unpaired) electrons. The molecule has 9 unspecified atom stereocenters. The van der Waals surface area contributed by atoms with Crippen molar-refractivity contribution in [2.24, 2.45) is 17.8 Å². The minimum Gasteiger partial charge on any atom is -0.479 e. The van der Waals surface area contributed by atoms with Crippen molar-refractivity contribution in [3.8, 4) is 0 Å². The predicted octanol–water partition coefficient (Wildman–Crippen LogP) is 3.31. The van der Waals surface area contributed by atoms with E-state index in [1.165, 1.54) is 24.3 Å². The summed E-state index contributed by atoms with van der Waals surface area (Å²) in [6.07, 6.45) is -5.55. The van der Waals surface area contributed by atoms with Gasteiger partial charge in [0.1, 0.15) is 29.9 Å². The van der Waals surface area contributed by atoms with E-state index in [4.69, 9.17) is 4.74 Å². The predicted molar refractivity (Wildman–Crippen MR) is 159 cm³/mol. The van der Waals surface area contributed by atoms with Crippen molar-refractivity contribution >= 4 is 5.97 Å². The molecule has 8 nitrogen and oxygen atoms in total. The summed E-state index contributed by atoms with van der Waals surface area (Å²) >= 11 is 0. The molecule has 0 bridgehead atoms. The number of aliphatic hydroxyl groups is 4. The molecule has 10 heteroatoms. The first-order valence-electron chi connectivity index (χ1n) is 15.1. The third-order valence-corrected chi connectivity index (χ3v) is 9.07. The molecule has 1 heterocycles. The van der Waals surface area contributed by atoms with Crippen molar-refractivity contribution in [3.63, 3.8) is 0 Å². The van der Waals surface area contributed by atoms with Crippen molar-refractivity contribution in [1.29, 1.82) is 0 Å². The van der Waals surface area contributed by atoms with Gasteiger partial charge in [-0.15, -0.1) is 0 Å². The Balaban J connectivity index is 1.64. The Morgan fingerprint density at radius 2 is 1.40 bits per heavy atom. The van der Waals surface area contributed by atoms with E-state index in [1.807, 2.05) is 27.7 Å². The number of hydrogen-bond acceptors (Lipinski definition) is 7. The van der Waals surface area contributed by atoms with Crippen molar-refractivity contribution in [3.05, 3.63) is 70.3 Å². The zero-order valence-corrected chi connectivity index (χ0v) is 25.4. The molecular weight excluding hydrogens is 560 g/mol. The number of aliphatic hydroxyl groups excluding tert-OH is 4. The van der Waals surface area contributed by atoms with Crippen LogP contribution in [0.3, 0.4) is 0 Å². The van der Waals surface area contributed by atoms with Gasteiger partial charge in [-0.2, -0.15) is 0 Å². The Morgan fingerprint density at radius 3 is 1.93 bits per heavy atom. The molecule has 2 aromatic carbocycles. The molecule has 9 atom stereocenters. The number of nitrogens with one attached hydrogen (secondary N) is 1. The van der Waals surface area contributed by atoms with Crippen LogP contribution in [0, 0.1) is 43.2 Å². The van der Waals surface area contributed by atoms with Crippen molar-refractivity contribution in [2.75, 3.05) is 13.1 Å². The topological polar surface area (TPSA) is 139 Å². The van der Waals surface area contributed by atoms with Gasteiger partial charge in [0.25, 0.3) is 0 Å². The number of carboxylic acid groups (broad SMARTS) is 1. The van der Waals surface area contributed by atoms with Gasteiger partial charge >= 0.3 is 5.97 Å². The minimum absolute atomic E-state index is 0.00348. The van der Waals surface area contributed by atoms with Crippen LogP contribution in [0.1, 0.15) is 55.4 Å². The number of aliphatic carboxylic acids is 1. The maximum Gasteiger partial charge on any atom is 0.335 e. The molecule has 0 amide bonds. The average Bonchev–Trinajstić information content (AvgIpc) is 2.96. The number of aryl methyl sites for hydroxylation is 4. The normalized spacial score (nSPS) is 25.2. The highest BCUT2D eigenvalue weighted by Crippen LogP contribution is 2.30. The van der Waals surface area contributed by atoms with Crippen LogP contribution >= 0.6 is 0 Å². The van der Waals surface area contributed by atoms with Gasteiger partial charge in [0.2, 0.25) is 0 Å². The van der Waals surface area contributed by atoms with E-state index in [0.29, 0.717) is 32.2 Å². The highest BCUT2D eigenvalue weighted by Gasteiger charge is 2.47. The van der Waals surface area contributed by atoms with Gasteiger partial charge in [-0.05, 0) is 117 Å². The number of carboxylic acids is 1. The molecular formula is C33H47F2NO7. The number of ether oxygens (including phenoxy) is 1. The van der Waals surface area contributed by atoms with Crippen LogP contribution in [0.25, 0.3) is 0 Å². The minimum atomic E-state index is -1.76. The van der Waals surface area contributed by atoms with Gasteiger partial charge in [0.15, 0.2) is 6.10 Å². The van der Waals surface area contributed by atoms with Crippen LogP contribution in [0.2, 0.25) is 0 Å². The molecule has 240 valence electrons. The van der Waals surface area contributed by atoms with E-state index < -0.39 is 42.6 Å². The fraction of sp³-hybridized carbons (Fsp3) is 0.606. The van der Waals surface area contributed by atoms with E-state index in [1.54, 1.807) is 12.1 Å². The summed E-state index contributed by atoms with van der Waals surface area (Å²) in [5.74, 6) is -2.27. The first-order valence-corrected chi connectivity index (χ1v) is 15.1. The molecule has 0 spiro atoms. The highest BCUT2D eigenvalue weighted by atomic mass is 19.1. The lowest BCUT2D eigenvalue weighted by Gasteiger charge is -2.41. The molecule has 0 aliphatic carbocycles. The van der Waals surface area contributed by atoms with E-state index in [2.05, 4.69) is 5.32 Å². The van der Waals surface area contributed by atoms with Crippen LogP contribution in [0.5, 0.6) is 0 Å². The second kappa shape index (κ2) is 16.0. The first-order chi connectivity index (χ1) is 20.3. The number of carbonyl (C=O) groups is 1. The number of hydrogen-bond donors (Lipinski definition) is 6. The average molecular weight is 608 g/mol. The molecule has 6 N–H and O–H groups in total. The van der Waals surface area contributed by atoms with Gasteiger partial charge in [-0.1, -0.05) is 26.0 Å². The largest absolute Gasteiger partial charge is 0.479 e. The SMILES string of the molecule is Cc1ccc(F)cc1CCC(C)C(O)CNCC(CC1OC(C(=O)O)C(O)C(O)C1O)C(C)CCc1cc(F)ccc1C. The standard InChI is InChI=1S/C33H47F2NO7/c1-18-7-11-25(34)13-22(18)9-5-20(3)24(15-28-29(38)30(39)31(40)32(43-28)33(41)42)16-36-17-27(37)21(4)6-10-23-14-26(35)12-8-19(23)2/h7-8,11-14,20-21,24,27-32,36-40H,5-6,9-10,15-17H2,1-4H3,(H,41,42). The number of halogens is 2. The monoisotopic (exact) mass is 607 g/mol. The number of rotatable bonds is 15. The van der Waals surface area contributed by atoms with Crippen LogP contribution in [-0.2, 0) is 22.4 Å². The summed E-state index contributed by atoms with van der Waals surface area (Å²) in [6, 6.07) is 9.37. The summed E-state index contributed by atoms with van der Waals surface area (Å²) in [4.78, 5) is 11.6. The molecule has 43 heavy (non-hydrogen) atoms. The van der Waals surface area contributed by atoms with E-state index in [-0.39, 0.29) is 42.4 Å². The van der Waals surface area contributed by atoms with E-state index >= 15 is 0 Å². The summed E-state index contributed by atoms with van der Waals surface area (Å²) in [7, 11) is 0. The lowest BCUT2D eigenvalue weighted by Crippen LogP contribution is -2.60. The summed E-state index contributed by atoms with van der Waals surface area (Å²) in [6.45, 7) is 8.48. The van der Waals surface area contributed by atoms with Crippen molar-refractivity contribution < 1.29 is 43.8 Å². The second-order valence-electron chi connectivity index (χ2n) is 12.3. The van der Waals surface area contributed by atoms with Crippen molar-refractivity contribution in [2.45, 2.75) is 96.4 Å². The molecule has 0 saturated carbocycles. The molecule has 1 fully saturated rings. The highest BCUT2D eigenvalue weighted by molar-refractivity contribution is 5.73. The quantitative estimate of drug-likeness (QED) is 0.181. The van der Waals surface area contributed by atoms with Crippen LogP contribution < -0.4 is 5.32 Å². The summed E-state index contributed by atoms with van der Waals surface area (Å²) < 4.78 is 33.1. The number of benzene rings is 2. The van der Waals surface area contributed by atoms with Crippen LogP contribution in [0.4, 0.5) is 8.78 Å². The smallest absolute Gasteiger partial charge is 0.335 e. The van der Waals surface area contributed by atoms with E-state index in [9.17, 15) is 39.1 Å². The fourth-order valence-corrected chi connectivity index (χ4v) is 5.80. The molecule has 2 aromatic rings. The molecule has 0 aromatic heterocycles. The fourth-order valence-electron chi connectivity index (χ4n) is 5.80. The Morgan fingerprint density at radius 1 is 0.860 bits per heavy atom. The lowest BCUT2D eigenvalue weighted by molar-refractivity contribution is -0.231. The maximum atomic E-state index is 13.9. The molecule has 1 aliphatic rings. The maximum absolute atomic E-state index is 13.9. The van der Waals surface area contributed by atoms with Gasteiger partial charge in [-0.3, -0.25) is 0 Å². The summed E-state index contributed by atoms with van der Waals surface area (Å²) in [5.41, 5.74) is 3.77. The van der Waals surface area contributed by atoms with Crippen molar-refractivity contribution in [1.82, 2.24) is 5.32 Å². The Kier molecular flexibility index (Phi) is 13.0. The van der Waals surface area contributed by atoms with Crippen LogP contribution in [0.15, 0.2) is 36.4 Å². The Labute approximate surface area is 252 Å². The third kappa shape index (κ3) is 9.76. The summed E-state index contributed by atoms with van der Waals surface area (Å²) in [5, 5.41) is 54.7. The Bertz CT molecular complexity index is 1200. The third-order valence-electron chi connectivity index (χ3n) is 9.07. The molecule has 1 aliphatic heterocycles. The van der Waals surface area contributed by atoms with Gasteiger partial charge in [0.05, 0.1) is 12.2 Å². The molecule has 3 rings (SSSR count). The first kappa shape index (κ1) is 35.0. The van der Waals surface area contributed by atoms with Gasteiger partial charge in [-0.25, -0.2) is 13.6 Å². The van der Waals surface area contributed by atoms with Gasteiger partial charge < -0.3 is 35.6 Å². The zero-order chi connectivity index (χ0) is 31.8. The molecule has 1 saturated heterocycles. The van der Waals surface area contributed by atoms with E-state index in [0.717, 1.165) is 22.3 Å². The lowest BCUT2D eigenvalue weighted by atomic mass is 9.81. The Hall–Kier alpha value is -2.47. The zero-order valence-electron chi connectivity index (χ0n) is 25.4. The van der Waals surface area contributed by atoms with Gasteiger partial charge in [0, 0.05) is 6.54 Å². The van der Waals surface area contributed by atoms with Crippen LogP contribution in [-0.4, -0.2) is 81.2 Å². The second-order valence-corrected chi connectivity index (χ2v) is 12.3.